The van der Waals surface area contributed by atoms with Gasteiger partial charge in [0, 0.05) is 31.1 Å². The Bertz CT molecular complexity index is 1030. The third kappa shape index (κ3) is 6.34. The van der Waals surface area contributed by atoms with Gasteiger partial charge in [-0.25, -0.2) is 9.78 Å². The molecule has 2 heterocycles. The summed E-state index contributed by atoms with van der Waals surface area (Å²) in [6.07, 6.45) is -4.00. The van der Waals surface area contributed by atoms with Crippen LogP contribution < -0.4 is 10.6 Å². The topological polar surface area (TPSA) is 142 Å². The highest BCUT2D eigenvalue weighted by Crippen LogP contribution is 2.47. The van der Waals surface area contributed by atoms with Crippen molar-refractivity contribution < 1.29 is 37.1 Å². The predicted molar refractivity (Wildman–Crippen MR) is 117 cm³/mol. The summed E-state index contributed by atoms with van der Waals surface area (Å²) in [4.78, 5) is 54.8. The molecular formula is C22H26F3N5O5. The first-order chi connectivity index (χ1) is 16.4. The molecule has 190 valence electrons. The summed E-state index contributed by atoms with van der Waals surface area (Å²) in [5.41, 5.74) is -0.0557. The third-order valence-electron chi connectivity index (χ3n) is 6.05. The number of carbonyl (C=O) groups is 4. The number of nitrogens with zero attached hydrogens (tertiary/aromatic N) is 2. The fraction of sp³-hybridized carbons (Fsp3) is 0.545. The van der Waals surface area contributed by atoms with Gasteiger partial charge in [-0.15, -0.1) is 0 Å². The number of aromatic nitrogens is 1. The van der Waals surface area contributed by atoms with Gasteiger partial charge in [0.2, 0.25) is 11.8 Å². The quantitative estimate of drug-likeness (QED) is 0.328. The number of esters is 1. The molecule has 1 aromatic rings. The number of hydrogen-bond acceptors (Lipinski definition) is 8. The molecule has 1 aliphatic heterocycles. The van der Waals surface area contributed by atoms with E-state index in [1.807, 2.05) is 0 Å². The number of rotatable bonds is 10. The van der Waals surface area contributed by atoms with Crippen LogP contribution in [0.25, 0.3) is 0 Å². The Morgan fingerprint density at radius 2 is 2.00 bits per heavy atom. The average Bonchev–Trinajstić information content (AvgIpc) is 3.47. The second kappa shape index (κ2) is 10.4. The van der Waals surface area contributed by atoms with Crippen LogP contribution in [-0.4, -0.2) is 77.1 Å². The molecule has 0 radical (unpaired) electrons. The second-order valence-electron chi connectivity index (χ2n) is 8.54. The van der Waals surface area contributed by atoms with Gasteiger partial charge in [0.25, 0.3) is 0 Å². The fourth-order valence-electron chi connectivity index (χ4n) is 4.20. The van der Waals surface area contributed by atoms with Crippen molar-refractivity contribution in [3.8, 4) is 0 Å². The van der Waals surface area contributed by atoms with E-state index in [2.05, 4.69) is 20.4 Å². The van der Waals surface area contributed by atoms with Gasteiger partial charge in [0.05, 0.1) is 13.7 Å². The molecule has 35 heavy (non-hydrogen) atoms. The van der Waals surface area contributed by atoms with Gasteiger partial charge in [0.15, 0.2) is 5.78 Å². The largest absolute Gasteiger partial charge is 0.467 e. The minimum Gasteiger partial charge on any atom is -0.467 e. The maximum atomic E-state index is 13.0. The lowest BCUT2D eigenvalue weighted by Crippen LogP contribution is -2.53. The molecule has 0 bridgehead atoms. The van der Waals surface area contributed by atoms with E-state index in [0.29, 0.717) is 12.8 Å². The van der Waals surface area contributed by atoms with Gasteiger partial charge >= 0.3 is 12.1 Å². The molecule has 1 saturated heterocycles. The number of fused-ring (bicyclic) bond motifs is 1. The first kappa shape index (κ1) is 26.1. The number of likely N-dealkylation sites (tertiary alicyclic amines) is 1. The molecular weight excluding hydrogens is 471 g/mol. The van der Waals surface area contributed by atoms with Crippen LogP contribution in [0.15, 0.2) is 18.3 Å². The Labute approximate surface area is 199 Å². The molecule has 1 aromatic heterocycles. The van der Waals surface area contributed by atoms with Gasteiger partial charge in [0.1, 0.15) is 23.6 Å². The van der Waals surface area contributed by atoms with Crippen LogP contribution in [0.1, 0.15) is 38.2 Å². The number of amides is 2. The van der Waals surface area contributed by atoms with Crippen LogP contribution in [0.3, 0.4) is 0 Å². The summed E-state index contributed by atoms with van der Waals surface area (Å²) in [6, 6.07) is 0.456. The Morgan fingerprint density at radius 1 is 1.29 bits per heavy atom. The lowest BCUT2D eigenvalue weighted by molar-refractivity contribution is -0.151. The molecule has 3 rings (SSSR count). The van der Waals surface area contributed by atoms with Gasteiger partial charge in [-0.05, 0) is 37.3 Å². The van der Waals surface area contributed by atoms with Gasteiger partial charge < -0.3 is 20.3 Å². The smallest absolute Gasteiger partial charge is 0.389 e. The number of piperidine rings is 1. The Balaban J connectivity index is 1.67. The predicted octanol–water partition coefficient (Wildman–Crippen LogP) is 1.44. The highest BCUT2D eigenvalue weighted by atomic mass is 19.4. The summed E-state index contributed by atoms with van der Waals surface area (Å²) >= 11 is 0. The first-order valence-corrected chi connectivity index (χ1v) is 11.0. The minimum atomic E-state index is -4.51. The molecule has 4 unspecified atom stereocenters. The van der Waals surface area contributed by atoms with Crippen LogP contribution in [-0.2, 0) is 23.9 Å². The Hall–Kier alpha value is -3.51. The molecule has 3 N–H and O–H groups in total. The maximum Gasteiger partial charge on any atom is 0.389 e. The highest BCUT2D eigenvalue weighted by Gasteiger charge is 2.56. The third-order valence-corrected chi connectivity index (χ3v) is 6.05. The Kier molecular flexibility index (Phi) is 7.76. The lowest BCUT2D eigenvalue weighted by Gasteiger charge is -2.28. The fourth-order valence-corrected chi connectivity index (χ4v) is 4.20. The Morgan fingerprint density at radius 3 is 2.63 bits per heavy atom. The van der Waals surface area contributed by atoms with Gasteiger partial charge in [-0.1, -0.05) is 0 Å². The molecule has 13 heteroatoms. The van der Waals surface area contributed by atoms with Crippen molar-refractivity contribution in [3.05, 3.63) is 23.9 Å². The van der Waals surface area contributed by atoms with Crippen LogP contribution in [0.2, 0.25) is 0 Å². The number of Topliss-reactive ketones (excluding diaryl/α,β-unsaturated/α-hetero) is 1. The number of anilines is 1. The molecule has 1 saturated carbocycles. The van der Waals surface area contributed by atoms with Crippen molar-refractivity contribution in [2.45, 2.75) is 56.9 Å². The number of methoxy groups -OCH3 is 1. The summed E-state index contributed by atoms with van der Waals surface area (Å²) < 4.78 is 42.4. The molecule has 2 fully saturated rings. The van der Waals surface area contributed by atoms with E-state index < -0.39 is 54.7 Å². The zero-order valence-electron chi connectivity index (χ0n) is 19.1. The van der Waals surface area contributed by atoms with E-state index in [1.165, 1.54) is 24.1 Å². The highest BCUT2D eigenvalue weighted by molar-refractivity contribution is 6.45. The monoisotopic (exact) mass is 497 g/mol. The van der Waals surface area contributed by atoms with Gasteiger partial charge in [-0.3, -0.25) is 19.8 Å². The van der Waals surface area contributed by atoms with Crippen LogP contribution in [0.4, 0.5) is 19.0 Å². The standard InChI is InChI=1S/C22H26F3N5O5/c1-11(31)18(26)13-4-3-7-27-19(13)28-10-17(32)30-15-8-12(15)9-16(30)20(33)29-14(21(34)35-2)5-6-22(23,24)25/h3-4,7,12,14-16,26H,5-6,8-10H2,1-2H3,(H,27,28)(H,29,33). The molecule has 1 aliphatic carbocycles. The summed E-state index contributed by atoms with van der Waals surface area (Å²) in [5.74, 6) is -2.40. The van der Waals surface area contributed by atoms with E-state index in [0.717, 1.165) is 7.11 Å². The normalized spacial score (nSPS) is 21.5. The van der Waals surface area contributed by atoms with E-state index in [4.69, 9.17) is 5.41 Å². The number of alkyl halides is 3. The molecule has 2 amide bonds. The van der Waals surface area contributed by atoms with Crippen LogP contribution in [0.5, 0.6) is 0 Å². The molecule has 0 aromatic carbocycles. The zero-order chi connectivity index (χ0) is 25.9. The number of ether oxygens (including phenoxy) is 1. The number of ketones is 1. The molecule has 10 nitrogen and oxygen atoms in total. The lowest BCUT2D eigenvalue weighted by atomic mass is 10.1. The number of nitrogens with one attached hydrogen (secondary N) is 3. The van der Waals surface area contributed by atoms with Crippen molar-refractivity contribution in [1.82, 2.24) is 15.2 Å². The van der Waals surface area contributed by atoms with Crippen molar-refractivity contribution in [3.63, 3.8) is 0 Å². The maximum absolute atomic E-state index is 13.0. The molecule has 2 aliphatic rings. The van der Waals surface area contributed by atoms with Crippen molar-refractivity contribution in [2.24, 2.45) is 5.92 Å². The minimum absolute atomic E-state index is 0.0951. The molecule has 4 atom stereocenters. The van der Waals surface area contributed by atoms with Crippen molar-refractivity contribution >= 4 is 35.1 Å². The summed E-state index contributed by atoms with van der Waals surface area (Å²) in [5, 5.41) is 13.0. The first-order valence-electron chi connectivity index (χ1n) is 11.0. The number of carbonyl (C=O) groups excluding carboxylic acids is 4. The number of hydrogen-bond donors (Lipinski definition) is 3. The summed E-state index contributed by atoms with van der Waals surface area (Å²) in [6.45, 7) is 0.956. The second-order valence-corrected chi connectivity index (χ2v) is 8.54. The van der Waals surface area contributed by atoms with E-state index in [1.54, 1.807) is 6.07 Å². The molecule has 0 spiro atoms. The SMILES string of the molecule is COC(=O)C(CCC(F)(F)F)NC(=O)C1CC2CC2N1C(=O)CNc1ncccc1C(=N)C(C)=O. The van der Waals surface area contributed by atoms with E-state index in [9.17, 15) is 32.3 Å². The van der Waals surface area contributed by atoms with E-state index in [-0.39, 0.29) is 35.6 Å². The number of pyridine rings is 1. The van der Waals surface area contributed by atoms with Crippen molar-refractivity contribution in [2.75, 3.05) is 19.0 Å². The average molecular weight is 497 g/mol. The van der Waals surface area contributed by atoms with Crippen molar-refractivity contribution in [1.29, 1.82) is 5.41 Å². The number of halogens is 3. The zero-order valence-corrected chi connectivity index (χ0v) is 19.1. The summed E-state index contributed by atoms with van der Waals surface area (Å²) in [7, 11) is 1.01. The van der Waals surface area contributed by atoms with Crippen LogP contribution in [0, 0.1) is 11.3 Å². The van der Waals surface area contributed by atoms with E-state index >= 15 is 0 Å². The van der Waals surface area contributed by atoms with Gasteiger partial charge in [-0.2, -0.15) is 13.2 Å². The van der Waals surface area contributed by atoms with Crippen LogP contribution >= 0.6 is 0 Å².